The highest BCUT2D eigenvalue weighted by molar-refractivity contribution is 5.89. The Morgan fingerprint density at radius 1 is 0.680 bits per heavy atom. The van der Waals surface area contributed by atoms with E-state index in [0.29, 0.717) is 28.2 Å². The summed E-state index contributed by atoms with van der Waals surface area (Å²) in [6, 6.07) is 19.0. The second-order valence-corrected chi connectivity index (χ2v) is 5.38. The second-order valence-electron chi connectivity index (χ2n) is 5.38. The van der Waals surface area contributed by atoms with Crippen molar-refractivity contribution in [1.82, 2.24) is 0 Å². The molecule has 5 heteroatoms. The molecule has 25 heavy (non-hydrogen) atoms. The highest BCUT2D eigenvalue weighted by Crippen LogP contribution is 2.30. The summed E-state index contributed by atoms with van der Waals surface area (Å²) in [5, 5.41) is 19.6. The zero-order chi connectivity index (χ0) is 17.6. The molecule has 0 spiro atoms. The van der Waals surface area contributed by atoms with E-state index >= 15 is 0 Å². The first kappa shape index (κ1) is 16.3. The molecular formula is C20H17N3O2. The van der Waals surface area contributed by atoms with E-state index in [9.17, 15) is 10.2 Å². The van der Waals surface area contributed by atoms with Crippen LogP contribution in [0.4, 0.5) is 17.1 Å². The summed E-state index contributed by atoms with van der Waals surface area (Å²) in [6.07, 6.45) is 3.13. The van der Waals surface area contributed by atoms with Crippen LogP contribution in [0.5, 0.6) is 11.5 Å². The van der Waals surface area contributed by atoms with Gasteiger partial charge in [0.25, 0.3) is 0 Å². The Hall–Kier alpha value is -3.60. The first-order valence-electron chi connectivity index (χ1n) is 7.67. The lowest BCUT2D eigenvalue weighted by molar-refractivity contribution is 0.474. The van der Waals surface area contributed by atoms with Gasteiger partial charge in [0.05, 0.1) is 11.4 Å². The van der Waals surface area contributed by atoms with Gasteiger partial charge in [0.15, 0.2) is 0 Å². The lowest BCUT2D eigenvalue weighted by Crippen LogP contribution is -1.86. The van der Waals surface area contributed by atoms with Gasteiger partial charge in [0.2, 0.25) is 0 Å². The van der Waals surface area contributed by atoms with Crippen LogP contribution in [-0.2, 0) is 0 Å². The maximum absolute atomic E-state index is 9.82. The summed E-state index contributed by atoms with van der Waals surface area (Å²) in [5.41, 5.74) is 8.77. The number of anilines is 1. The molecule has 0 saturated carbocycles. The monoisotopic (exact) mass is 331 g/mol. The third-order valence-corrected chi connectivity index (χ3v) is 3.56. The summed E-state index contributed by atoms with van der Waals surface area (Å²) in [6.45, 7) is 0. The molecule has 0 aliphatic rings. The fourth-order valence-electron chi connectivity index (χ4n) is 2.22. The Morgan fingerprint density at radius 2 is 1.20 bits per heavy atom. The van der Waals surface area contributed by atoms with Gasteiger partial charge in [-0.05, 0) is 42.5 Å². The molecule has 0 radical (unpaired) electrons. The summed E-state index contributed by atoms with van der Waals surface area (Å²) >= 11 is 0. The highest BCUT2D eigenvalue weighted by atomic mass is 16.3. The molecule has 3 aromatic rings. The molecule has 3 aromatic carbocycles. The van der Waals surface area contributed by atoms with E-state index in [1.54, 1.807) is 67.0 Å². The number of benzene rings is 3. The minimum absolute atomic E-state index is 0.148. The van der Waals surface area contributed by atoms with Crippen LogP contribution in [0.2, 0.25) is 0 Å². The van der Waals surface area contributed by atoms with E-state index in [1.807, 2.05) is 12.1 Å². The van der Waals surface area contributed by atoms with Crippen LogP contribution < -0.4 is 5.73 Å². The fourth-order valence-corrected chi connectivity index (χ4v) is 2.22. The zero-order valence-electron chi connectivity index (χ0n) is 13.4. The molecule has 0 heterocycles. The SMILES string of the molecule is Nc1ccc(/N=C/c2ccccc2O)c(/N=C/c2ccccc2O)c1. The Labute approximate surface area is 145 Å². The molecule has 4 N–H and O–H groups in total. The number of phenols is 2. The molecule has 0 fully saturated rings. The Morgan fingerprint density at radius 3 is 1.76 bits per heavy atom. The van der Waals surface area contributed by atoms with Gasteiger partial charge in [-0.3, -0.25) is 9.98 Å². The van der Waals surface area contributed by atoms with Crippen LogP contribution in [0.1, 0.15) is 11.1 Å². The molecule has 0 saturated heterocycles. The quantitative estimate of drug-likeness (QED) is 0.494. The van der Waals surface area contributed by atoms with E-state index in [-0.39, 0.29) is 11.5 Å². The lowest BCUT2D eigenvalue weighted by atomic mass is 10.2. The molecule has 0 aromatic heterocycles. The molecule has 5 nitrogen and oxygen atoms in total. The van der Waals surface area contributed by atoms with Crippen molar-refractivity contribution < 1.29 is 10.2 Å². The van der Waals surface area contributed by atoms with Crippen LogP contribution in [0.25, 0.3) is 0 Å². The van der Waals surface area contributed by atoms with Gasteiger partial charge in [-0.1, -0.05) is 24.3 Å². The number of hydrogen-bond acceptors (Lipinski definition) is 5. The van der Waals surface area contributed by atoms with Crippen LogP contribution in [0.3, 0.4) is 0 Å². The third-order valence-electron chi connectivity index (χ3n) is 3.56. The third kappa shape index (κ3) is 4.03. The number of aliphatic imine (C=N–C) groups is 2. The number of hydrogen-bond donors (Lipinski definition) is 3. The van der Waals surface area contributed by atoms with Crippen molar-refractivity contribution in [3.05, 3.63) is 77.9 Å². The van der Waals surface area contributed by atoms with Gasteiger partial charge in [-0.25, -0.2) is 0 Å². The van der Waals surface area contributed by atoms with Gasteiger partial charge >= 0.3 is 0 Å². The average Bonchev–Trinajstić information content (AvgIpc) is 2.61. The van der Waals surface area contributed by atoms with Crippen LogP contribution in [0.15, 0.2) is 76.7 Å². The van der Waals surface area contributed by atoms with E-state index in [4.69, 9.17) is 5.73 Å². The van der Waals surface area contributed by atoms with Crippen molar-refractivity contribution in [1.29, 1.82) is 0 Å². The summed E-state index contributed by atoms with van der Waals surface area (Å²) in [7, 11) is 0. The molecule has 0 bridgehead atoms. The van der Waals surface area contributed by atoms with Crippen molar-refractivity contribution in [3.8, 4) is 11.5 Å². The topological polar surface area (TPSA) is 91.2 Å². The molecule has 0 aliphatic heterocycles. The van der Waals surface area contributed by atoms with Gasteiger partial charge in [-0.2, -0.15) is 0 Å². The van der Waals surface area contributed by atoms with Crippen molar-refractivity contribution in [2.24, 2.45) is 9.98 Å². The minimum Gasteiger partial charge on any atom is -0.507 e. The Balaban J connectivity index is 1.93. The summed E-state index contributed by atoms with van der Waals surface area (Å²) in [4.78, 5) is 8.79. The van der Waals surface area contributed by atoms with Crippen molar-refractivity contribution in [2.45, 2.75) is 0 Å². The zero-order valence-corrected chi connectivity index (χ0v) is 13.4. The molecular weight excluding hydrogens is 314 g/mol. The Kier molecular flexibility index (Phi) is 4.76. The molecule has 0 atom stereocenters. The largest absolute Gasteiger partial charge is 0.507 e. The van der Waals surface area contributed by atoms with E-state index in [2.05, 4.69) is 9.98 Å². The molecule has 124 valence electrons. The maximum Gasteiger partial charge on any atom is 0.124 e. The molecule has 0 aliphatic carbocycles. The van der Waals surface area contributed by atoms with Gasteiger partial charge in [0, 0.05) is 29.2 Å². The number of nitrogens with zero attached hydrogens (tertiary/aromatic N) is 2. The molecule has 0 unspecified atom stereocenters. The van der Waals surface area contributed by atoms with E-state index in [1.165, 1.54) is 0 Å². The number of phenolic OH excluding ortho intramolecular Hbond substituents is 2. The van der Waals surface area contributed by atoms with Gasteiger partial charge in [0.1, 0.15) is 11.5 Å². The maximum atomic E-state index is 9.82. The van der Waals surface area contributed by atoms with E-state index < -0.39 is 0 Å². The normalized spacial score (nSPS) is 11.4. The standard InChI is InChI=1S/C20H17N3O2/c21-16-9-10-17(22-12-14-5-1-3-7-19(14)24)18(11-16)23-13-15-6-2-4-8-20(15)25/h1-13,24-25H,21H2/b22-12+,23-13+. The summed E-state index contributed by atoms with van der Waals surface area (Å²) < 4.78 is 0. The van der Waals surface area contributed by atoms with Crippen LogP contribution in [0, 0.1) is 0 Å². The second kappa shape index (κ2) is 7.31. The lowest BCUT2D eigenvalue weighted by Gasteiger charge is -2.03. The fraction of sp³-hybridized carbons (Fsp3) is 0. The Bertz CT molecular complexity index is 949. The highest BCUT2D eigenvalue weighted by Gasteiger charge is 2.02. The van der Waals surface area contributed by atoms with Crippen LogP contribution >= 0.6 is 0 Å². The predicted molar refractivity (Wildman–Crippen MR) is 102 cm³/mol. The number of nitrogens with two attached hydrogens (primary N) is 1. The number of para-hydroxylation sites is 2. The number of rotatable bonds is 4. The average molecular weight is 331 g/mol. The number of aromatic hydroxyl groups is 2. The first-order valence-corrected chi connectivity index (χ1v) is 7.67. The smallest absolute Gasteiger partial charge is 0.124 e. The minimum atomic E-state index is 0.148. The van der Waals surface area contributed by atoms with E-state index in [0.717, 1.165) is 0 Å². The van der Waals surface area contributed by atoms with Gasteiger partial charge < -0.3 is 15.9 Å². The first-order chi connectivity index (χ1) is 12.1. The van der Waals surface area contributed by atoms with Crippen molar-refractivity contribution in [3.63, 3.8) is 0 Å². The van der Waals surface area contributed by atoms with Crippen molar-refractivity contribution >= 4 is 29.5 Å². The van der Waals surface area contributed by atoms with Crippen LogP contribution in [-0.4, -0.2) is 22.6 Å². The van der Waals surface area contributed by atoms with Gasteiger partial charge in [-0.15, -0.1) is 0 Å². The number of nitrogen functional groups attached to an aromatic ring is 1. The molecule has 3 rings (SSSR count). The summed E-state index contributed by atoms with van der Waals surface area (Å²) in [5.74, 6) is 0.301. The predicted octanol–water partition coefficient (Wildman–Crippen LogP) is 4.18. The molecule has 0 amide bonds. The van der Waals surface area contributed by atoms with Crippen molar-refractivity contribution in [2.75, 3.05) is 5.73 Å².